The maximum absolute atomic E-state index is 11.8. The number of pyridine rings is 1. The van der Waals surface area contributed by atoms with Crippen LogP contribution in [0.2, 0.25) is 0 Å². The molecule has 0 amide bonds. The van der Waals surface area contributed by atoms with Crippen molar-refractivity contribution in [1.29, 1.82) is 0 Å². The third kappa shape index (κ3) is 2.22. The molecule has 1 unspecified atom stereocenters. The number of hydrogen-bond acceptors (Lipinski definition) is 2. The Kier molecular flexibility index (Phi) is 3.56. The van der Waals surface area contributed by atoms with Crippen molar-refractivity contribution in [3.63, 3.8) is 0 Å². The van der Waals surface area contributed by atoms with E-state index in [0.717, 1.165) is 11.2 Å². The first-order valence-electron chi connectivity index (χ1n) is 5.44. The highest BCUT2D eigenvalue weighted by Gasteiger charge is 2.13. The van der Waals surface area contributed by atoms with E-state index in [0.29, 0.717) is 11.3 Å². The Hall–Kier alpha value is -1.25. The Balaban J connectivity index is 3.28. The van der Waals surface area contributed by atoms with Gasteiger partial charge in [-0.2, -0.15) is 4.73 Å². The topological polar surface area (TPSA) is 42.2 Å². The fraction of sp³-hybridized carbons (Fsp3) is 0.583. The van der Waals surface area contributed by atoms with E-state index in [9.17, 15) is 10.0 Å². The molecule has 84 valence electrons. The van der Waals surface area contributed by atoms with Crippen LogP contribution in [-0.2, 0) is 0 Å². The second-order valence-electron chi connectivity index (χ2n) is 4.29. The van der Waals surface area contributed by atoms with E-state index in [1.165, 1.54) is 0 Å². The molecule has 0 aliphatic carbocycles. The Morgan fingerprint density at radius 3 is 2.40 bits per heavy atom. The van der Waals surface area contributed by atoms with Crippen molar-refractivity contribution in [1.82, 2.24) is 4.73 Å². The molecule has 0 saturated heterocycles. The quantitative estimate of drug-likeness (QED) is 0.778. The zero-order valence-electron chi connectivity index (χ0n) is 9.82. The lowest BCUT2D eigenvalue weighted by atomic mass is 9.99. The maximum Gasteiger partial charge on any atom is 0.286 e. The van der Waals surface area contributed by atoms with Crippen LogP contribution in [0.5, 0.6) is 0 Å². The van der Waals surface area contributed by atoms with E-state index in [2.05, 4.69) is 0 Å². The van der Waals surface area contributed by atoms with Crippen LogP contribution in [0, 0.1) is 0 Å². The molecular weight excluding hydrogens is 190 g/mol. The van der Waals surface area contributed by atoms with Crippen LogP contribution < -0.4 is 5.56 Å². The van der Waals surface area contributed by atoms with E-state index in [1.54, 1.807) is 0 Å². The van der Waals surface area contributed by atoms with E-state index < -0.39 is 0 Å². The summed E-state index contributed by atoms with van der Waals surface area (Å²) in [6, 6.07) is 3.66. The first-order valence-corrected chi connectivity index (χ1v) is 5.44. The minimum absolute atomic E-state index is 0.147. The second-order valence-corrected chi connectivity index (χ2v) is 4.29. The molecule has 0 aliphatic heterocycles. The summed E-state index contributed by atoms with van der Waals surface area (Å²) in [6.45, 7) is 7.92. The predicted molar refractivity (Wildman–Crippen MR) is 60.7 cm³/mol. The van der Waals surface area contributed by atoms with Gasteiger partial charge in [0.25, 0.3) is 5.56 Å². The van der Waals surface area contributed by atoms with E-state index >= 15 is 0 Å². The average molecular weight is 209 g/mol. The van der Waals surface area contributed by atoms with Gasteiger partial charge in [0.1, 0.15) is 0 Å². The molecule has 1 heterocycles. The molecule has 0 spiro atoms. The van der Waals surface area contributed by atoms with Gasteiger partial charge >= 0.3 is 0 Å². The normalized spacial score (nSPS) is 13.1. The van der Waals surface area contributed by atoms with Crippen molar-refractivity contribution in [2.75, 3.05) is 0 Å². The van der Waals surface area contributed by atoms with Crippen molar-refractivity contribution >= 4 is 0 Å². The summed E-state index contributed by atoms with van der Waals surface area (Å²) < 4.78 is 0.784. The van der Waals surface area contributed by atoms with Crippen molar-refractivity contribution in [2.24, 2.45) is 0 Å². The summed E-state index contributed by atoms with van der Waals surface area (Å²) in [5.41, 5.74) is 1.06. The highest BCUT2D eigenvalue weighted by Crippen LogP contribution is 2.17. The molecule has 1 atom stereocenters. The molecule has 1 rings (SSSR count). The summed E-state index contributed by atoms with van der Waals surface area (Å²) in [5.74, 6) is 0.339. The molecule has 1 aromatic rings. The lowest BCUT2D eigenvalue weighted by Crippen LogP contribution is -2.26. The van der Waals surface area contributed by atoms with Crippen molar-refractivity contribution in [3.05, 3.63) is 33.7 Å². The molecule has 3 heteroatoms. The lowest BCUT2D eigenvalue weighted by molar-refractivity contribution is 0.161. The largest absolute Gasteiger partial charge is 0.425 e. The van der Waals surface area contributed by atoms with Gasteiger partial charge in [-0.3, -0.25) is 4.79 Å². The van der Waals surface area contributed by atoms with Crippen LogP contribution in [0.25, 0.3) is 0 Å². The van der Waals surface area contributed by atoms with Crippen LogP contribution in [0.1, 0.15) is 57.2 Å². The average Bonchev–Trinajstić information content (AvgIpc) is 2.20. The van der Waals surface area contributed by atoms with Crippen molar-refractivity contribution < 1.29 is 5.21 Å². The van der Waals surface area contributed by atoms with Crippen LogP contribution in [-0.4, -0.2) is 9.94 Å². The lowest BCUT2D eigenvalue weighted by Gasteiger charge is -2.13. The van der Waals surface area contributed by atoms with Crippen molar-refractivity contribution in [3.8, 4) is 0 Å². The fourth-order valence-electron chi connectivity index (χ4n) is 1.59. The number of rotatable bonds is 3. The highest BCUT2D eigenvalue weighted by atomic mass is 16.5. The number of hydrogen-bond donors (Lipinski definition) is 1. The molecule has 0 aromatic carbocycles. The van der Waals surface area contributed by atoms with Gasteiger partial charge in [0.15, 0.2) is 0 Å². The molecule has 0 bridgehead atoms. The number of nitrogens with zero attached hydrogens (tertiary/aromatic N) is 1. The minimum Gasteiger partial charge on any atom is -0.425 e. The summed E-state index contributed by atoms with van der Waals surface area (Å²) in [6.07, 6.45) is 0.899. The summed E-state index contributed by atoms with van der Waals surface area (Å²) in [7, 11) is 0. The van der Waals surface area contributed by atoms with Gasteiger partial charge in [-0.25, -0.2) is 0 Å². The highest BCUT2D eigenvalue weighted by molar-refractivity contribution is 5.20. The maximum atomic E-state index is 11.8. The zero-order valence-corrected chi connectivity index (χ0v) is 9.82. The molecule has 1 aromatic heterocycles. The molecule has 0 fully saturated rings. The van der Waals surface area contributed by atoms with Gasteiger partial charge in [0, 0.05) is 5.56 Å². The number of aromatic nitrogens is 1. The standard InChI is InChI=1S/C12H19NO2/c1-5-9(4)10-6-7-11(8(2)3)13(15)12(10)14/h6-9,15H,5H2,1-4H3. The van der Waals surface area contributed by atoms with Gasteiger partial charge in [-0.1, -0.05) is 33.8 Å². The summed E-state index contributed by atoms with van der Waals surface area (Å²) in [5, 5.41) is 9.70. The predicted octanol–water partition coefficient (Wildman–Crippen LogP) is 2.72. The Bertz CT molecular complexity index is 393. The van der Waals surface area contributed by atoms with Gasteiger partial charge in [0.2, 0.25) is 0 Å². The summed E-state index contributed by atoms with van der Waals surface area (Å²) in [4.78, 5) is 11.8. The monoisotopic (exact) mass is 209 g/mol. The first kappa shape index (κ1) is 11.8. The van der Waals surface area contributed by atoms with Crippen LogP contribution >= 0.6 is 0 Å². The van der Waals surface area contributed by atoms with E-state index in [4.69, 9.17) is 0 Å². The first-order chi connectivity index (χ1) is 6.99. The Morgan fingerprint density at radius 2 is 1.93 bits per heavy atom. The summed E-state index contributed by atoms with van der Waals surface area (Å²) >= 11 is 0. The molecular formula is C12H19NO2. The minimum atomic E-state index is -0.282. The Morgan fingerprint density at radius 1 is 1.33 bits per heavy atom. The smallest absolute Gasteiger partial charge is 0.286 e. The zero-order chi connectivity index (χ0) is 11.6. The van der Waals surface area contributed by atoms with Crippen LogP contribution in [0.4, 0.5) is 0 Å². The molecule has 0 aliphatic rings. The van der Waals surface area contributed by atoms with Gasteiger partial charge in [0.05, 0.1) is 5.69 Å². The molecule has 0 radical (unpaired) electrons. The SMILES string of the molecule is CCC(C)c1ccc(C(C)C)n(O)c1=O. The molecule has 3 nitrogen and oxygen atoms in total. The molecule has 15 heavy (non-hydrogen) atoms. The third-order valence-corrected chi connectivity index (χ3v) is 2.85. The van der Waals surface area contributed by atoms with Crippen LogP contribution in [0.3, 0.4) is 0 Å². The Labute approximate surface area is 90.3 Å². The molecule has 0 saturated carbocycles. The molecule has 1 N–H and O–H groups in total. The van der Waals surface area contributed by atoms with E-state index in [1.807, 2.05) is 39.8 Å². The van der Waals surface area contributed by atoms with Gasteiger partial charge < -0.3 is 5.21 Å². The van der Waals surface area contributed by atoms with Gasteiger partial charge in [-0.15, -0.1) is 0 Å². The second kappa shape index (κ2) is 4.51. The third-order valence-electron chi connectivity index (χ3n) is 2.85. The van der Waals surface area contributed by atoms with Gasteiger partial charge in [-0.05, 0) is 24.3 Å². The van der Waals surface area contributed by atoms with Crippen LogP contribution in [0.15, 0.2) is 16.9 Å². The van der Waals surface area contributed by atoms with E-state index in [-0.39, 0.29) is 17.4 Å². The fourth-order valence-corrected chi connectivity index (χ4v) is 1.59. The van der Waals surface area contributed by atoms with Crippen molar-refractivity contribution in [2.45, 2.75) is 46.0 Å².